The maximum absolute atomic E-state index is 12.0. The van der Waals surface area contributed by atoms with Crippen molar-refractivity contribution in [2.24, 2.45) is 0 Å². The average Bonchev–Trinajstić information content (AvgIpc) is 3.16. The van der Waals surface area contributed by atoms with E-state index in [4.69, 9.17) is 30.5 Å². The van der Waals surface area contributed by atoms with Gasteiger partial charge in [0.25, 0.3) is 0 Å². The van der Waals surface area contributed by atoms with Gasteiger partial charge in [0, 0.05) is 25.5 Å². The zero-order valence-electron chi connectivity index (χ0n) is 16.9. The van der Waals surface area contributed by atoms with Gasteiger partial charge in [-0.25, -0.2) is 9.78 Å². The Hall–Kier alpha value is -2.80. The number of nitrogens with one attached hydrogen (secondary N) is 1. The van der Waals surface area contributed by atoms with Crippen molar-refractivity contribution in [3.63, 3.8) is 0 Å². The van der Waals surface area contributed by atoms with Crippen LogP contribution < -0.4 is 14.8 Å². The fraction of sp³-hybridized carbons (Fsp3) is 0.350. The largest absolute Gasteiger partial charge is 0.493 e. The second kappa shape index (κ2) is 12.0. The topological polar surface area (TPSA) is 103 Å². The highest BCUT2D eigenvalue weighted by atomic mass is 35.5. The van der Waals surface area contributed by atoms with Crippen molar-refractivity contribution in [2.75, 3.05) is 27.4 Å². The van der Waals surface area contributed by atoms with Gasteiger partial charge in [-0.3, -0.25) is 0 Å². The van der Waals surface area contributed by atoms with Crippen molar-refractivity contribution >= 4 is 28.9 Å². The lowest BCUT2D eigenvalue weighted by Crippen LogP contribution is -2.18. The van der Waals surface area contributed by atoms with Crippen LogP contribution >= 0.6 is 22.9 Å². The van der Waals surface area contributed by atoms with Gasteiger partial charge >= 0.3 is 5.97 Å². The molecule has 0 aliphatic carbocycles. The van der Waals surface area contributed by atoms with Crippen LogP contribution in [0.25, 0.3) is 0 Å². The van der Waals surface area contributed by atoms with E-state index in [1.54, 1.807) is 26.3 Å². The van der Waals surface area contributed by atoms with E-state index in [1.165, 1.54) is 18.4 Å². The minimum atomic E-state index is -0.691. The first-order valence-electron chi connectivity index (χ1n) is 8.89. The van der Waals surface area contributed by atoms with Gasteiger partial charge in [0.05, 0.1) is 18.6 Å². The number of ether oxygens (including phenoxy) is 4. The summed E-state index contributed by atoms with van der Waals surface area (Å²) in [5.41, 5.74) is 1.21. The van der Waals surface area contributed by atoms with E-state index in [0.717, 1.165) is 10.4 Å². The summed E-state index contributed by atoms with van der Waals surface area (Å²) in [7, 11) is 3.05. The third-order valence-corrected chi connectivity index (χ3v) is 4.98. The maximum atomic E-state index is 12.0. The molecule has 1 aromatic carbocycles. The first-order chi connectivity index (χ1) is 14.5. The second-order valence-corrected chi connectivity index (χ2v) is 7.64. The minimum absolute atomic E-state index is 0.0822. The summed E-state index contributed by atoms with van der Waals surface area (Å²) in [6.45, 7) is 2.70. The molecule has 0 saturated carbocycles. The molecule has 0 saturated heterocycles. The number of halogens is 1. The Morgan fingerprint density at radius 2 is 2.10 bits per heavy atom. The van der Waals surface area contributed by atoms with Crippen LogP contribution in [0.3, 0.4) is 0 Å². The van der Waals surface area contributed by atoms with Crippen molar-refractivity contribution in [2.45, 2.75) is 20.1 Å². The monoisotopic (exact) mass is 451 g/mol. The van der Waals surface area contributed by atoms with Crippen LogP contribution in [0.1, 0.15) is 17.4 Å². The van der Waals surface area contributed by atoms with E-state index >= 15 is 0 Å². The minimum Gasteiger partial charge on any atom is -0.493 e. The summed E-state index contributed by atoms with van der Waals surface area (Å²) >= 11 is 7.18. The molecule has 160 valence electrons. The van der Waals surface area contributed by atoms with E-state index in [1.807, 2.05) is 18.2 Å². The van der Waals surface area contributed by atoms with Crippen LogP contribution in [-0.4, -0.2) is 38.4 Å². The lowest BCUT2D eigenvalue weighted by atomic mass is 10.2. The molecular weight excluding hydrogens is 430 g/mol. The van der Waals surface area contributed by atoms with Crippen LogP contribution in [0.4, 0.5) is 0 Å². The molecule has 10 heteroatoms. The quantitative estimate of drug-likeness (QED) is 0.240. The van der Waals surface area contributed by atoms with Crippen molar-refractivity contribution in [1.82, 2.24) is 10.3 Å². The highest BCUT2D eigenvalue weighted by molar-refractivity contribution is 7.15. The second-order valence-electron chi connectivity index (χ2n) is 5.95. The summed E-state index contributed by atoms with van der Waals surface area (Å²) < 4.78 is 21.5. The number of esters is 1. The first-order valence-corrected chi connectivity index (χ1v) is 10.1. The number of thiazole rings is 1. The van der Waals surface area contributed by atoms with Crippen LogP contribution in [0.5, 0.6) is 11.5 Å². The molecule has 0 spiro atoms. The van der Waals surface area contributed by atoms with Crippen LogP contribution in [0.2, 0.25) is 4.47 Å². The summed E-state index contributed by atoms with van der Waals surface area (Å²) in [6, 6.07) is 7.35. The molecule has 1 aromatic heterocycles. The van der Waals surface area contributed by atoms with Crippen LogP contribution in [-0.2, 0) is 27.4 Å². The van der Waals surface area contributed by atoms with E-state index in [-0.39, 0.29) is 18.8 Å². The first kappa shape index (κ1) is 23.5. The van der Waals surface area contributed by atoms with Gasteiger partial charge in [-0.05, 0) is 24.6 Å². The van der Waals surface area contributed by atoms with Gasteiger partial charge in [0.1, 0.15) is 19.3 Å². The Labute approximate surface area is 184 Å². The van der Waals surface area contributed by atoms with Crippen molar-refractivity contribution < 1.29 is 23.7 Å². The number of nitrogens with zero attached hydrogens (tertiary/aromatic N) is 2. The van der Waals surface area contributed by atoms with E-state index < -0.39 is 5.97 Å². The molecule has 0 fully saturated rings. The summed E-state index contributed by atoms with van der Waals surface area (Å²) in [4.78, 5) is 16.9. The Balaban J connectivity index is 2.00. The molecule has 2 rings (SSSR count). The smallest absolute Gasteiger partial charge is 0.350 e. The SMILES string of the molecule is COCCOC(=O)/C(C#N)=C(/C)NCc1ccc(OCc2cnc(Cl)s2)c(OC)c1. The average molecular weight is 452 g/mol. The number of nitriles is 1. The lowest BCUT2D eigenvalue weighted by Gasteiger charge is -2.13. The predicted octanol–water partition coefficient (Wildman–Crippen LogP) is 3.46. The van der Waals surface area contributed by atoms with Crippen LogP contribution in [0, 0.1) is 11.3 Å². The van der Waals surface area contributed by atoms with E-state index in [0.29, 0.717) is 34.8 Å². The number of methoxy groups -OCH3 is 2. The lowest BCUT2D eigenvalue weighted by molar-refractivity contribution is -0.139. The molecule has 0 atom stereocenters. The zero-order valence-corrected chi connectivity index (χ0v) is 18.4. The third-order valence-electron chi connectivity index (χ3n) is 3.89. The Bertz CT molecular complexity index is 939. The molecular formula is C20H22ClN3O5S. The fourth-order valence-corrected chi connectivity index (χ4v) is 3.23. The third kappa shape index (κ3) is 6.91. The number of aromatic nitrogens is 1. The molecule has 0 aliphatic rings. The number of carbonyl (C=O) groups is 1. The molecule has 1 N–H and O–H groups in total. The summed E-state index contributed by atoms with van der Waals surface area (Å²) in [6.07, 6.45) is 1.67. The maximum Gasteiger partial charge on any atom is 0.350 e. The highest BCUT2D eigenvalue weighted by Gasteiger charge is 2.15. The molecule has 0 bridgehead atoms. The molecule has 0 unspecified atom stereocenters. The molecule has 0 radical (unpaired) electrons. The van der Waals surface area contributed by atoms with Gasteiger partial charge in [-0.1, -0.05) is 17.7 Å². The Morgan fingerprint density at radius 1 is 1.30 bits per heavy atom. The number of hydrogen-bond acceptors (Lipinski definition) is 9. The summed E-state index contributed by atoms with van der Waals surface area (Å²) in [5, 5.41) is 12.3. The molecule has 2 aromatic rings. The van der Waals surface area contributed by atoms with Crippen LogP contribution in [0.15, 0.2) is 35.7 Å². The van der Waals surface area contributed by atoms with Gasteiger partial charge in [-0.2, -0.15) is 5.26 Å². The van der Waals surface area contributed by atoms with Gasteiger partial charge < -0.3 is 24.3 Å². The zero-order chi connectivity index (χ0) is 21.9. The van der Waals surface area contributed by atoms with Crippen molar-refractivity contribution in [1.29, 1.82) is 5.26 Å². The molecule has 30 heavy (non-hydrogen) atoms. The van der Waals surface area contributed by atoms with Crippen molar-refractivity contribution in [3.05, 3.63) is 50.6 Å². The predicted molar refractivity (Wildman–Crippen MR) is 112 cm³/mol. The normalized spacial score (nSPS) is 11.3. The highest BCUT2D eigenvalue weighted by Crippen LogP contribution is 2.30. The van der Waals surface area contributed by atoms with Gasteiger partial charge in [0.2, 0.25) is 0 Å². The molecule has 0 amide bonds. The fourth-order valence-electron chi connectivity index (χ4n) is 2.34. The van der Waals surface area contributed by atoms with Crippen molar-refractivity contribution in [3.8, 4) is 17.6 Å². The summed E-state index contributed by atoms with van der Waals surface area (Å²) in [5.74, 6) is 0.451. The molecule has 8 nitrogen and oxygen atoms in total. The number of allylic oxidation sites excluding steroid dienone is 1. The van der Waals surface area contributed by atoms with E-state index in [9.17, 15) is 10.1 Å². The van der Waals surface area contributed by atoms with Gasteiger partial charge in [0.15, 0.2) is 21.5 Å². The number of hydrogen-bond donors (Lipinski definition) is 1. The number of rotatable bonds is 11. The Morgan fingerprint density at radius 3 is 2.73 bits per heavy atom. The standard InChI is InChI=1S/C20H22ClN3O5S/c1-13(16(9-22)19(25)28-7-6-26-2)23-10-14-4-5-17(18(8-14)27-3)29-12-15-11-24-20(21)30-15/h4-5,8,11,23H,6-7,10,12H2,1-3H3/b16-13-. The van der Waals surface area contributed by atoms with E-state index in [2.05, 4.69) is 10.3 Å². The number of carbonyl (C=O) groups excluding carboxylic acids is 1. The molecule has 1 heterocycles. The van der Waals surface area contributed by atoms with Gasteiger partial charge in [-0.15, -0.1) is 11.3 Å². The number of benzene rings is 1. The molecule has 0 aliphatic heterocycles. The Kier molecular flexibility index (Phi) is 9.41.